The Balaban J connectivity index is -0.000000258. The van der Waals surface area contributed by atoms with Gasteiger partial charge in [0.1, 0.15) is 0 Å². The first kappa shape index (κ1) is 35.0. The minimum atomic E-state index is 0. The van der Waals surface area contributed by atoms with Gasteiger partial charge in [-0.15, -0.1) is 13.2 Å². The normalized spacial score (nSPS) is 15.9. The van der Waals surface area contributed by atoms with Crippen molar-refractivity contribution in [2.45, 2.75) is 100 Å². The van der Waals surface area contributed by atoms with Crippen molar-refractivity contribution in [2.75, 3.05) is 0 Å². The van der Waals surface area contributed by atoms with Crippen molar-refractivity contribution < 1.29 is 12.4 Å². The van der Waals surface area contributed by atoms with Crippen LogP contribution in [0.25, 0.3) is 12.2 Å². The van der Waals surface area contributed by atoms with Crippen molar-refractivity contribution in [3.63, 3.8) is 0 Å². The SMILES string of the molecule is C=C.C=Cc1cc2c(c(C)c1/C=C(\C)C1CC1)CC(C)C2.CCC(C)C.CCCC.O.O.[HH]. The lowest BCUT2D eigenvalue weighted by Crippen LogP contribution is -1.96. The van der Waals surface area contributed by atoms with Gasteiger partial charge in [0.2, 0.25) is 0 Å². The van der Waals surface area contributed by atoms with Crippen LogP contribution in [0.4, 0.5) is 0 Å². The highest BCUT2D eigenvalue weighted by molar-refractivity contribution is 5.71. The molecule has 32 heavy (non-hydrogen) atoms. The molecule has 1 unspecified atom stereocenters. The summed E-state index contributed by atoms with van der Waals surface area (Å²) in [5.41, 5.74) is 8.96. The first-order valence-corrected chi connectivity index (χ1v) is 12.2. The van der Waals surface area contributed by atoms with Gasteiger partial charge in [-0.2, -0.15) is 0 Å². The highest BCUT2D eigenvalue weighted by atomic mass is 16.0. The van der Waals surface area contributed by atoms with Gasteiger partial charge in [0.25, 0.3) is 0 Å². The molecule has 0 bridgehead atoms. The molecule has 188 valence electrons. The monoisotopic (exact) mass is 448 g/mol. The number of allylic oxidation sites excluding steroid dienone is 1. The van der Waals surface area contributed by atoms with E-state index in [4.69, 9.17) is 0 Å². The summed E-state index contributed by atoms with van der Waals surface area (Å²) < 4.78 is 0. The molecule has 1 fully saturated rings. The predicted octanol–water partition coefficient (Wildman–Crippen LogP) is 8.44. The highest BCUT2D eigenvalue weighted by Crippen LogP contribution is 2.39. The third kappa shape index (κ3) is 11.8. The van der Waals surface area contributed by atoms with Crippen molar-refractivity contribution in [1.82, 2.24) is 0 Å². The lowest BCUT2D eigenvalue weighted by molar-refractivity contribution is 0.626. The van der Waals surface area contributed by atoms with Gasteiger partial charge < -0.3 is 11.0 Å². The molecular weight excluding hydrogens is 392 g/mol. The van der Waals surface area contributed by atoms with Gasteiger partial charge in [-0.1, -0.05) is 91.2 Å². The summed E-state index contributed by atoms with van der Waals surface area (Å²) in [6.07, 6.45) is 13.7. The Hall–Kier alpha value is -1.64. The van der Waals surface area contributed by atoms with Crippen LogP contribution >= 0.6 is 0 Å². The van der Waals surface area contributed by atoms with Crippen LogP contribution in [0.5, 0.6) is 0 Å². The minimum absolute atomic E-state index is 0. The van der Waals surface area contributed by atoms with Crippen molar-refractivity contribution in [2.24, 2.45) is 17.8 Å². The van der Waals surface area contributed by atoms with Crippen molar-refractivity contribution in [1.29, 1.82) is 0 Å². The Morgan fingerprint density at radius 2 is 1.59 bits per heavy atom. The molecule has 0 radical (unpaired) electrons. The Bertz CT molecular complexity index is 670. The molecule has 4 N–H and O–H groups in total. The first-order valence-electron chi connectivity index (χ1n) is 12.2. The maximum Gasteiger partial charge on any atom is 0 e. The van der Waals surface area contributed by atoms with Crippen LogP contribution < -0.4 is 0 Å². The first-order chi connectivity index (χ1) is 14.3. The van der Waals surface area contributed by atoms with Gasteiger partial charge in [-0.25, -0.2) is 0 Å². The standard InChI is InChI=1S/C19H24.C5H12.C4H10.C2H4.2H2O.H2/c1-5-15-11-17-8-12(2)9-18(17)14(4)19(15)10-13(3)16-6-7-16;1-4-5(2)3;1-3-4-2;1-2;;;/h5,10-12,16H,1,6-9H2,2-4H3;5H,4H2,1-3H3;3-4H2,1-2H3;1-2H2;2*1H2;1H/b13-10+;;;;;;. The summed E-state index contributed by atoms with van der Waals surface area (Å²) in [5, 5.41) is 0. The zero-order valence-corrected chi connectivity index (χ0v) is 22.5. The highest BCUT2D eigenvalue weighted by Gasteiger charge is 2.25. The molecular formula is C30H56O2. The van der Waals surface area contributed by atoms with E-state index in [1.165, 1.54) is 61.6 Å². The number of rotatable bonds is 5. The molecule has 0 spiro atoms. The van der Waals surface area contributed by atoms with Crippen LogP contribution in [0, 0.1) is 24.7 Å². The number of benzene rings is 1. The van der Waals surface area contributed by atoms with E-state index in [0.29, 0.717) is 0 Å². The van der Waals surface area contributed by atoms with Crippen LogP contribution in [0.1, 0.15) is 110 Å². The maximum atomic E-state index is 4.02. The molecule has 0 aromatic heterocycles. The largest absolute Gasteiger partial charge is 0.412 e. The van der Waals surface area contributed by atoms with Gasteiger partial charge in [0.15, 0.2) is 0 Å². The Morgan fingerprint density at radius 1 is 1.09 bits per heavy atom. The summed E-state index contributed by atoms with van der Waals surface area (Å²) in [7, 11) is 0. The molecule has 3 rings (SSSR count). The maximum absolute atomic E-state index is 4.02. The van der Waals surface area contributed by atoms with E-state index in [0.717, 1.165) is 17.8 Å². The summed E-state index contributed by atoms with van der Waals surface area (Å²) >= 11 is 0. The second-order valence-corrected chi connectivity index (χ2v) is 9.32. The Kier molecular flexibility index (Phi) is 20.6. The average molecular weight is 449 g/mol. The molecule has 0 saturated heterocycles. The smallest absolute Gasteiger partial charge is 0 e. The number of unbranched alkanes of at least 4 members (excludes halogenated alkanes) is 1. The molecule has 2 aliphatic carbocycles. The quantitative estimate of drug-likeness (QED) is 0.406. The molecule has 2 heteroatoms. The fraction of sp³-hybridized carbons (Fsp3) is 0.600. The van der Waals surface area contributed by atoms with Crippen molar-refractivity contribution >= 4 is 12.2 Å². The lowest BCUT2D eigenvalue weighted by atomic mass is 9.92. The molecule has 0 aliphatic heterocycles. The third-order valence-electron chi connectivity index (χ3n) is 6.14. The summed E-state index contributed by atoms with van der Waals surface area (Å²) in [5.74, 6) is 2.54. The predicted molar refractivity (Wildman–Crippen MR) is 151 cm³/mol. The fourth-order valence-electron chi connectivity index (χ4n) is 3.48. The van der Waals surface area contributed by atoms with Crippen molar-refractivity contribution in [3.05, 3.63) is 59.2 Å². The molecule has 2 aliphatic rings. The summed E-state index contributed by atoms with van der Waals surface area (Å²) in [4.78, 5) is 0. The zero-order chi connectivity index (χ0) is 23.3. The van der Waals surface area contributed by atoms with E-state index in [-0.39, 0.29) is 12.4 Å². The Labute approximate surface area is 202 Å². The molecule has 2 nitrogen and oxygen atoms in total. The van der Waals surface area contributed by atoms with E-state index in [1.54, 1.807) is 16.7 Å². The van der Waals surface area contributed by atoms with Crippen LogP contribution in [-0.4, -0.2) is 11.0 Å². The van der Waals surface area contributed by atoms with E-state index >= 15 is 0 Å². The second-order valence-electron chi connectivity index (χ2n) is 9.32. The molecule has 1 aromatic carbocycles. The van der Waals surface area contributed by atoms with Crippen LogP contribution in [0.2, 0.25) is 0 Å². The summed E-state index contributed by atoms with van der Waals surface area (Å²) in [6.45, 7) is 28.0. The van der Waals surface area contributed by atoms with E-state index < -0.39 is 0 Å². The summed E-state index contributed by atoms with van der Waals surface area (Å²) in [6, 6.07) is 2.38. The van der Waals surface area contributed by atoms with E-state index in [2.05, 4.69) is 87.3 Å². The van der Waals surface area contributed by atoms with Crippen molar-refractivity contribution in [3.8, 4) is 0 Å². The zero-order valence-electron chi connectivity index (χ0n) is 22.5. The van der Waals surface area contributed by atoms with E-state index in [1.807, 2.05) is 6.08 Å². The molecule has 1 atom stereocenters. The van der Waals surface area contributed by atoms with E-state index in [9.17, 15) is 0 Å². The lowest BCUT2D eigenvalue weighted by Gasteiger charge is -2.13. The van der Waals surface area contributed by atoms with Crippen LogP contribution in [0.15, 0.2) is 31.4 Å². The van der Waals surface area contributed by atoms with Crippen LogP contribution in [-0.2, 0) is 12.8 Å². The number of hydrogen-bond donors (Lipinski definition) is 0. The fourth-order valence-corrected chi connectivity index (χ4v) is 3.48. The van der Waals surface area contributed by atoms with Gasteiger partial charge >= 0.3 is 0 Å². The Morgan fingerprint density at radius 3 is 1.97 bits per heavy atom. The topological polar surface area (TPSA) is 63.0 Å². The average Bonchev–Trinajstić information content (AvgIpc) is 3.54. The number of fused-ring (bicyclic) bond motifs is 1. The second kappa shape index (κ2) is 18.9. The molecule has 0 heterocycles. The van der Waals surface area contributed by atoms with Crippen LogP contribution in [0.3, 0.4) is 0 Å². The number of hydrogen-bond acceptors (Lipinski definition) is 0. The molecule has 1 aromatic rings. The van der Waals surface area contributed by atoms with Gasteiger partial charge in [0, 0.05) is 1.43 Å². The molecule has 1 saturated carbocycles. The minimum Gasteiger partial charge on any atom is -0.412 e. The van der Waals surface area contributed by atoms with Gasteiger partial charge in [-0.05, 0) is 85.1 Å². The van der Waals surface area contributed by atoms with Gasteiger partial charge in [-0.3, -0.25) is 0 Å². The third-order valence-corrected chi connectivity index (χ3v) is 6.14. The molecule has 0 amide bonds. The van der Waals surface area contributed by atoms with Gasteiger partial charge in [0.05, 0.1) is 0 Å².